The van der Waals surface area contributed by atoms with Crippen molar-refractivity contribution in [2.45, 2.75) is 20.8 Å². The van der Waals surface area contributed by atoms with E-state index >= 15 is 0 Å². The van der Waals surface area contributed by atoms with Crippen LogP contribution < -0.4 is 14.8 Å². The van der Waals surface area contributed by atoms with E-state index in [4.69, 9.17) is 14.5 Å². The van der Waals surface area contributed by atoms with Crippen molar-refractivity contribution >= 4 is 17.2 Å². The minimum Gasteiger partial charge on any atom is -0.454 e. The topological polar surface area (TPSA) is 47.8 Å². The van der Waals surface area contributed by atoms with Crippen LogP contribution in [0, 0.1) is 20.8 Å². The summed E-state index contributed by atoms with van der Waals surface area (Å²) in [6.07, 6.45) is 0. The van der Waals surface area contributed by atoms with Crippen LogP contribution in [0.15, 0.2) is 54.6 Å². The highest BCUT2D eigenvalue weighted by Crippen LogP contribution is 2.39. The SMILES string of the molecule is Cc1cccc(C)c1Nc1c(-c2ccc3c(c2)OCO3)nc2cccc(C)n12. The molecule has 0 amide bonds. The first kappa shape index (κ1) is 16.7. The van der Waals surface area contributed by atoms with Crippen molar-refractivity contribution in [1.82, 2.24) is 9.38 Å². The summed E-state index contributed by atoms with van der Waals surface area (Å²) in [4.78, 5) is 4.93. The molecular weight excluding hydrogens is 350 g/mol. The molecule has 1 aliphatic heterocycles. The summed E-state index contributed by atoms with van der Waals surface area (Å²) in [5, 5.41) is 3.67. The molecule has 0 aliphatic carbocycles. The summed E-state index contributed by atoms with van der Waals surface area (Å²) < 4.78 is 13.2. The van der Waals surface area contributed by atoms with E-state index in [-0.39, 0.29) is 6.79 Å². The van der Waals surface area contributed by atoms with Gasteiger partial charge in [0.15, 0.2) is 11.5 Å². The zero-order valence-electron chi connectivity index (χ0n) is 16.1. The van der Waals surface area contributed by atoms with E-state index in [0.29, 0.717) is 0 Å². The Morgan fingerprint density at radius 2 is 1.64 bits per heavy atom. The van der Waals surface area contributed by atoms with Gasteiger partial charge in [0.05, 0.1) is 0 Å². The molecule has 0 spiro atoms. The Labute approximate surface area is 163 Å². The van der Waals surface area contributed by atoms with E-state index in [0.717, 1.165) is 45.6 Å². The van der Waals surface area contributed by atoms with Crippen molar-refractivity contribution in [2.24, 2.45) is 0 Å². The van der Waals surface area contributed by atoms with Gasteiger partial charge in [0.1, 0.15) is 17.2 Å². The van der Waals surface area contributed by atoms with Crippen LogP contribution in [0.1, 0.15) is 16.8 Å². The van der Waals surface area contributed by atoms with Crippen LogP contribution in [0.25, 0.3) is 16.9 Å². The first-order chi connectivity index (χ1) is 13.6. The Bertz CT molecular complexity index is 1190. The average molecular weight is 371 g/mol. The minimum atomic E-state index is 0.260. The highest BCUT2D eigenvalue weighted by molar-refractivity contribution is 5.82. The highest BCUT2D eigenvalue weighted by Gasteiger charge is 2.20. The zero-order valence-corrected chi connectivity index (χ0v) is 16.1. The second-order valence-corrected chi connectivity index (χ2v) is 7.13. The largest absolute Gasteiger partial charge is 0.454 e. The smallest absolute Gasteiger partial charge is 0.231 e. The fourth-order valence-electron chi connectivity index (χ4n) is 3.75. The lowest BCUT2D eigenvalue weighted by atomic mass is 10.1. The number of hydrogen-bond acceptors (Lipinski definition) is 4. The molecule has 140 valence electrons. The van der Waals surface area contributed by atoms with Gasteiger partial charge in [-0.3, -0.25) is 4.40 Å². The third-order valence-corrected chi connectivity index (χ3v) is 5.21. The minimum absolute atomic E-state index is 0.260. The summed E-state index contributed by atoms with van der Waals surface area (Å²) in [5.41, 5.74) is 7.39. The van der Waals surface area contributed by atoms with Crippen LogP contribution in [0.3, 0.4) is 0 Å². The molecule has 4 aromatic rings. The number of ether oxygens (including phenoxy) is 2. The Morgan fingerprint density at radius 3 is 2.46 bits per heavy atom. The number of nitrogens with zero attached hydrogens (tertiary/aromatic N) is 2. The Hall–Kier alpha value is -3.47. The quantitative estimate of drug-likeness (QED) is 0.524. The first-order valence-electron chi connectivity index (χ1n) is 9.33. The predicted molar refractivity (Wildman–Crippen MR) is 111 cm³/mol. The molecule has 0 saturated heterocycles. The fourth-order valence-corrected chi connectivity index (χ4v) is 3.75. The van der Waals surface area contributed by atoms with Gasteiger partial charge in [0.2, 0.25) is 6.79 Å². The lowest BCUT2D eigenvalue weighted by Gasteiger charge is -2.15. The molecule has 2 aromatic carbocycles. The van der Waals surface area contributed by atoms with Gasteiger partial charge < -0.3 is 14.8 Å². The van der Waals surface area contributed by atoms with Gasteiger partial charge in [-0.15, -0.1) is 0 Å². The molecule has 5 heteroatoms. The third kappa shape index (κ3) is 2.59. The van der Waals surface area contributed by atoms with Crippen molar-refractivity contribution < 1.29 is 9.47 Å². The number of aromatic nitrogens is 2. The van der Waals surface area contributed by atoms with Gasteiger partial charge in [-0.05, 0) is 62.2 Å². The fraction of sp³-hybridized carbons (Fsp3) is 0.174. The van der Waals surface area contributed by atoms with Crippen molar-refractivity contribution in [1.29, 1.82) is 0 Å². The molecule has 0 saturated carbocycles. The van der Waals surface area contributed by atoms with E-state index in [1.807, 2.05) is 30.3 Å². The summed E-state index contributed by atoms with van der Waals surface area (Å²) >= 11 is 0. The molecule has 1 aliphatic rings. The number of para-hydroxylation sites is 1. The number of aryl methyl sites for hydroxylation is 3. The van der Waals surface area contributed by atoms with E-state index in [1.54, 1.807) is 0 Å². The second kappa shape index (κ2) is 6.30. The van der Waals surface area contributed by atoms with Gasteiger partial charge in [0, 0.05) is 16.9 Å². The van der Waals surface area contributed by atoms with Crippen molar-refractivity contribution in [3.8, 4) is 22.8 Å². The van der Waals surface area contributed by atoms with Crippen LogP contribution in [0.2, 0.25) is 0 Å². The van der Waals surface area contributed by atoms with Gasteiger partial charge >= 0.3 is 0 Å². The standard InChI is InChI=1S/C23H21N3O2/c1-14-6-4-7-15(2)21(14)25-23-22(24-20-9-5-8-16(3)26(20)23)17-10-11-18-19(12-17)28-13-27-18/h4-12,25H,13H2,1-3H3. The number of fused-ring (bicyclic) bond motifs is 2. The first-order valence-corrected chi connectivity index (χ1v) is 9.33. The van der Waals surface area contributed by atoms with E-state index in [1.165, 1.54) is 11.1 Å². The van der Waals surface area contributed by atoms with Crippen LogP contribution in [-0.4, -0.2) is 16.2 Å². The molecule has 5 rings (SSSR count). The Balaban J connectivity index is 1.73. The molecule has 2 aromatic heterocycles. The van der Waals surface area contributed by atoms with Crippen LogP contribution >= 0.6 is 0 Å². The number of imidazole rings is 1. The van der Waals surface area contributed by atoms with Crippen molar-refractivity contribution in [3.63, 3.8) is 0 Å². The maximum Gasteiger partial charge on any atom is 0.231 e. The molecule has 3 heterocycles. The normalized spacial score (nSPS) is 12.5. The number of nitrogens with one attached hydrogen (secondary N) is 1. The van der Waals surface area contributed by atoms with Crippen LogP contribution in [-0.2, 0) is 0 Å². The number of benzene rings is 2. The van der Waals surface area contributed by atoms with E-state index in [2.05, 4.69) is 54.8 Å². The van der Waals surface area contributed by atoms with Crippen LogP contribution in [0.5, 0.6) is 11.5 Å². The van der Waals surface area contributed by atoms with Gasteiger partial charge in [-0.25, -0.2) is 4.98 Å². The maximum absolute atomic E-state index is 5.58. The third-order valence-electron chi connectivity index (χ3n) is 5.21. The molecular formula is C23H21N3O2. The summed E-state index contributed by atoms with van der Waals surface area (Å²) in [5.74, 6) is 2.47. The lowest BCUT2D eigenvalue weighted by Crippen LogP contribution is -2.02. The highest BCUT2D eigenvalue weighted by atomic mass is 16.7. The monoisotopic (exact) mass is 371 g/mol. The van der Waals surface area contributed by atoms with Gasteiger partial charge in [-0.2, -0.15) is 0 Å². The lowest BCUT2D eigenvalue weighted by molar-refractivity contribution is 0.174. The average Bonchev–Trinajstić information content (AvgIpc) is 3.29. The zero-order chi connectivity index (χ0) is 19.3. The Kier molecular flexibility index (Phi) is 3.76. The van der Waals surface area contributed by atoms with Crippen molar-refractivity contribution in [3.05, 3.63) is 71.4 Å². The maximum atomic E-state index is 5.58. The number of hydrogen-bond donors (Lipinski definition) is 1. The summed E-state index contributed by atoms with van der Waals surface area (Å²) in [6, 6.07) is 18.4. The van der Waals surface area contributed by atoms with Gasteiger partial charge in [-0.1, -0.05) is 24.3 Å². The van der Waals surface area contributed by atoms with Crippen LogP contribution in [0.4, 0.5) is 11.5 Å². The summed E-state index contributed by atoms with van der Waals surface area (Å²) in [7, 11) is 0. The van der Waals surface area contributed by atoms with E-state index < -0.39 is 0 Å². The predicted octanol–water partition coefficient (Wildman–Crippen LogP) is 5.40. The Morgan fingerprint density at radius 1 is 0.893 bits per heavy atom. The number of rotatable bonds is 3. The molecule has 28 heavy (non-hydrogen) atoms. The molecule has 1 N–H and O–H groups in total. The second-order valence-electron chi connectivity index (χ2n) is 7.13. The van der Waals surface area contributed by atoms with E-state index in [9.17, 15) is 0 Å². The molecule has 5 nitrogen and oxygen atoms in total. The summed E-state index contributed by atoms with van der Waals surface area (Å²) in [6.45, 7) is 6.59. The number of pyridine rings is 1. The van der Waals surface area contributed by atoms with Crippen molar-refractivity contribution in [2.75, 3.05) is 12.1 Å². The molecule has 0 atom stereocenters. The molecule has 0 unspecified atom stereocenters. The molecule has 0 fully saturated rings. The molecule has 0 bridgehead atoms. The number of anilines is 2. The van der Waals surface area contributed by atoms with Gasteiger partial charge in [0.25, 0.3) is 0 Å². The molecule has 0 radical (unpaired) electrons.